The maximum atomic E-state index is 12.4. The van der Waals surface area contributed by atoms with Crippen molar-refractivity contribution < 1.29 is 4.79 Å². The van der Waals surface area contributed by atoms with E-state index >= 15 is 0 Å². The summed E-state index contributed by atoms with van der Waals surface area (Å²) in [6.45, 7) is 3.21. The van der Waals surface area contributed by atoms with Gasteiger partial charge in [-0.05, 0) is 19.2 Å². The van der Waals surface area contributed by atoms with E-state index in [1.54, 1.807) is 10.7 Å². The van der Waals surface area contributed by atoms with Crippen molar-refractivity contribution in [2.45, 2.75) is 0 Å². The van der Waals surface area contributed by atoms with Gasteiger partial charge in [0.15, 0.2) is 5.69 Å². The molecule has 100 valence electrons. The molecule has 1 aliphatic rings. The van der Waals surface area contributed by atoms with E-state index in [1.165, 1.54) is 0 Å². The van der Waals surface area contributed by atoms with Crippen LogP contribution in [0.15, 0.2) is 24.4 Å². The molecule has 0 saturated carbocycles. The number of piperazine rings is 1. The van der Waals surface area contributed by atoms with Gasteiger partial charge in [0.1, 0.15) is 0 Å². The van der Waals surface area contributed by atoms with Crippen LogP contribution >= 0.6 is 11.6 Å². The fraction of sp³-hybridized carbons (Fsp3) is 0.385. The SMILES string of the molecule is CN1CCN(C(=O)c2nn3ccccc3c2Cl)CC1. The fourth-order valence-electron chi connectivity index (χ4n) is 2.26. The predicted molar refractivity (Wildman–Crippen MR) is 73.6 cm³/mol. The van der Waals surface area contributed by atoms with Crippen LogP contribution in [0.2, 0.25) is 5.02 Å². The van der Waals surface area contributed by atoms with Crippen LogP contribution in [0.4, 0.5) is 0 Å². The Hall–Kier alpha value is -1.59. The lowest BCUT2D eigenvalue weighted by Gasteiger charge is -2.31. The van der Waals surface area contributed by atoms with E-state index < -0.39 is 0 Å². The zero-order chi connectivity index (χ0) is 13.4. The third-order valence-electron chi connectivity index (χ3n) is 3.47. The first-order valence-electron chi connectivity index (χ1n) is 6.27. The average Bonchev–Trinajstić information content (AvgIpc) is 2.77. The Kier molecular flexibility index (Phi) is 3.16. The number of amides is 1. The van der Waals surface area contributed by atoms with Gasteiger partial charge in [-0.3, -0.25) is 4.79 Å². The Morgan fingerprint density at radius 3 is 2.68 bits per heavy atom. The number of likely N-dealkylation sites (N-methyl/N-ethyl adjacent to an activating group) is 1. The van der Waals surface area contributed by atoms with Crippen molar-refractivity contribution in [3.05, 3.63) is 35.1 Å². The quantitative estimate of drug-likeness (QED) is 0.791. The molecule has 3 heterocycles. The molecule has 0 radical (unpaired) electrons. The Labute approximate surface area is 116 Å². The molecule has 2 aromatic heterocycles. The highest BCUT2D eigenvalue weighted by atomic mass is 35.5. The minimum atomic E-state index is -0.0817. The first-order valence-corrected chi connectivity index (χ1v) is 6.65. The summed E-state index contributed by atoms with van der Waals surface area (Å²) in [7, 11) is 2.06. The highest BCUT2D eigenvalue weighted by molar-refractivity contribution is 6.36. The zero-order valence-corrected chi connectivity index (χ0v) is 11.5. The second kappa shape index (κ2) is 4.83. The van der Waals surface area contributed by atoms with Crippen molar-refractivity contribution in [1.82, 2.24) is 19.4 Å². The van der Waals surface area contributed by atoms with Gasteiger partial charge in [0, 0.05) is 32.4 Å². The molecule has 0 aromatic carbocycles. The first kappa shape index (κ1) is 12.4. The predicted octanol–water partition coefficient (Wildman–Crippen LogP) is 1.38. The van der Waals surface area contributed by atoms with Gasteiger partial charge in [-0.15, -0.1) is 0 Å². The maximum absolute atomic E-state index is 12.4. The van der Waals surface area contributed by atoms with Gasteiger partial charge in [-0.1, -0.05) is 17.7 Å². The third kappa shape index (κ3) is 2.19. The topological polar surface area (TPSA) is 40.8 Å². The number of fused-ring (bicyclic) bond motifs is 1. The normalized spacial score (nSPS) is 17.1. The highest BCUT2D eigenvalue weighted by Crippen LogP contribution is 2.23. The lowest BCUT2D eigenvalue weighted by Crippen LogP contribution is -2.47. The summed E-state index contributed by atoms with van der Waals surface area (Å²) in [5.74, 6) is -0.0817. The molecular weight excluding hydrogens is 264 g/mol. The number of rotatable bonds is 1. The second-order valence-corrected chi connectivity index (χ2v) is 5.17. The van der Waals surface area contributed by atoms with E-state index in [0.29, 0.717) is 10.7 Å². The summed E-state index contributed by atoms with van der Waals surface area (Å²) >= 11 is 6.26. The lowest BCUT2D eigenvalue weighted by molar-refractivity contribution is 0.0658. The molecule has 0 unspecified atom stereocenters. The van der Waals surface area contributed by atoms with Crippen LogP contribution in [0, 0.1) is 0 Å². The molecule has 1 saturated heterocycles. The molecule has 0 aliphatic carbocycles. The van der Waals surface area contributed by atoms with E-state index in [4.69, 9.17) is 11.6 Å². The largest absolute Gasteiger partial charge is 0.335 e. The minimum absolute atomic E-state index is 0.0817. The van der Waals surface area contributed by atoms with Crippen molar-refractivity contribution in [3.8, 4) is 0 Å². The Bertz CT molecular complexity index is 616. The smallest absolute Gasteiger partial charge is 0.276 e. The zero-order valence-electron chi connectivity index (χ0n) is 10.7. The monoisotopic (exact) mass is 278 g/mol. The highest BCUT2D eigenvalue weighted by Gasteiger charge is 2.25. The Morgan fingerprint density at radius 1 is 1.26 bits per heavy atom. The molecule has 6 heteroatoms. The van der Waals surface area contributed by atoms with E-state index in [0.717, 1.165) is 31.7 Å². The molecule has 0 spiro atoms. The molecular formula is C13H15ClN4O. The van der Waals surface area contributed by atoms with Crippen LogP contribution in [-0.2, 0) is 0 Å². The maximum Gasteiger partial charge on any atom is 0.276 e. The van der Waals surface area contributed by atoms with Crippen molar-refractivity contribution >= 4 is 23.0 Å². The third-order valence-corrected chi connectivity index (χ3v) is 3.85. The van der Waals surface area contributed by atoms with E-state index in [9.17, 15) is 4.79 Å². The van der Waals surface area contributed by atoms with Gasteiger partial charge < -0.3 is 9.80 Å². The fourth-order valence-corrected chi connectivity index (χ4v) is 2.53. The van der Waals surface area contributed by atoms with Gasteiger partial charge in [0.2, 0.25) is 0 Å². The Morgan fingerprint density at radius 2 is 2.00 bits per heavy atom. The molecule has 2 aromatic rings. The standard InChI is InChI=1S/C13H15ClN4O/c1-16-6-8-17(9-7-16)13(19)12-11(14)10-4-2-3-5-18(10)15-12/h2-5H,6-9H2,1H3. The van der Waals surface area contributed by atoms with E-state index in [-0.39, 0.29) is 5.91 Å². The van der Waals surface area contributed by atoms with Crippen molar-refractivity contribution in [1.29, 1.82) is 0 Å². The number of aromatic nitrogens is 2. The lowest BCUT2D eigenvalue weighted by atomic mass is 10.2. The van der Waals surface area contributed by atoms with Crippen LogP contribution in [0.25, 0.3) is 5.52 Å². The van der Waals surface area contributed by atoms with Crippen LogP contribution in [-0.4, -0.2) is 58.5 Å². The number of carbonyl (C=O) groups excluding carboxylic acids is 1. The van der Waals surface area contributed by atoms with Crippen LogP contribution in [0.1, 0.15) is 10.5 Å². The molecule has 0 bridgehead atoms. The molecule has 5 nitrogen and oxygen atoms in total. The molecule has 0 N–H and O–H groups in total. The summed E-state index contributed by atoms with van der Waals surface area (Å²) in [5, 5.41) is 4.72. The first-order chi connectivity index (χ1) is 9.16. The molecule has 3 rings (SSSR count). The average molecular weight is 279 g/mol. The van der Waals surface area contributed by atoms with Gasteiger partial charge >= 0.3 is 0 Å². The molecule has 19 heavy (non-hydrogen) atoms. The molecule has 1 amide bonds. The molecule has 1 fully saturated rings. The summed E-state index contributed by atoms with van der Waals surface area (Å²) in [6, 6.07) is 5.60. The number of nitrogens with zero attached hydrogens (tertiary/aromatic N) is 4. The minimum Gasteiger partial charge on any atom is -0.335 e. The molecule has 1 aliphatic heterocycles. The number of carbonyl (C=O) groups is 1. The number of halogens is 1. The van der Waals surface area contributed by atoms with E-state index in [1.807, 2.05) is 23.1 Å². The summed E-state index contributed by atoms with van der Waals surface area (Å²) in [6.07, 6.45) is 1.79. The molecule has 0 atom stereocenters. The summed E-state index contributed by atoms with van der Waals surface area (Å²) in [4.78, 5) is 16.5. The number of hydrogen-bond acceptors (Lipinski definition) is 3. The van der Waals surface area contributed by atoms with Crippen LogP contribution in [0.5, 0.6) is 0 Å². The number of hydrogen-bond donors (Lipinski definition) is 0. The summed E-state index contributed by atoms with van der Waals surface area (Å²) < 4.78 is 1.64. The van der Waals surface area contributed by atoms with Gasteiger partial charge in [-0.25, -0.2) is 4.52 Å². The summed E-state index contributed by atoms with van der Waals surface area (Å²) in [5.41, 5.74) is 1.11. The van der Waals surface area contributed by atoms with Crippen LogP contribution in [0.3, 0.4) is 0 Å². The Balaban J connectivity index is 1.91. The van der Waals surface area contributed by atoms with Gasteiger partial charge in [-0.2, -0.15) is 5.10 Å². The van der Waals surface area contributed by atoms with Crippen LogP contribution < -0.4 is 0 Å². The number of pyridine rings is 1. The van der Waals surface area contributed by atoms with Crippen molar-refractivity contribution in [2.24, 2.45) is 0 Å². The van der Waals surface area contributed by atoms with Crippen molar-refractivity contribution in [2.75, 3.05) is 33.2 Å². The van der Waals surface area contributed by atoms with E-state index in [2.05, 4.69) is 17.0 Å². The van der Waals surface area contributed by atoms with Gasteiger partial charge in [0.05, 0.1) is 10.5 Å². The van der Waals surface area contributed by atoms with Crippen molar-refractivity contribution in [3.63, 3.8) is 0 Å². The second-order valence-electron chi connectivity index (χ2n) is 4.79. The van der Waals surface area contributed by atoms with Gasteiger partial charge in [0.25, 0.3) is 5.91 Å².